The maximum Gasteiger partial charge on any atom is 0.416 e. The van der Waals surface area contributed by atoms with Crippen LogP contribution in [0.2, 0.25) is 5.02 Å². The molecule has 3 N–H and O–H groups in total. The lowest BCUT2D eigenvalue weighted by atomic mass is 9.94. The molecule has 0 bridgehead atoms. The van der Waals surface area contributed by atoms with Crippen molar-refractivity contribution in [3.05, 3.63) is 87.9 Å². The fourth-order valence-corrected chi connectivity index (χ4v) is 4.82. The second-order valence-corrected chi connectivity index (χ2v) is 10.8. The van der Waals surface area contributed by atoms with Crippen molar-refractivity contribution in [3.8, 4) is 23.0 Å². The summed E-state index contributed by atoms with van der Waals surface area (Å²) in [5, 5.41) is 15.7. The molecule has 0 unspecified atom stereocenters. The molecule has 0 amide bonds. The van der Waals surface area contributed by atoms with E-state index in [1.54, 1.807) is 38.5 Å². The zero-order valence-corrected chi connectivity index (χ0v) is 25.8. The lowest BCUT2D eigenvalue weighted by Gasteiger charge is -2.19. The SMILES string of the molecule is COc1cc(CNC2CC2)cc(OC)c1.O=C(O)C1=C(c2ccc(OCCOc3ccc(C(F)(F)F)cc3Cl)cc2)CCNC1. The van der Waals surface area contributed by atoms with E-state index in [4.69, 9.17) is 30.5 Å². The highest BCUT2D eigenvalue weighted by Crippen LogP contribution is 2.35. The van der Waals surface area contributed by atoms with E-state index in [0.717, 1.165) is 47.4 Å². The third kappa shape index (κ3) is 10.3. The maximum absolute atomic E-state index is 12.6. The Balaban J connectivity index is 0.000000256. The highest BCUT2D eigenvalue weighted by molar-refractivity contribution is 6.32. The van der Waals surface area contributed by atoms with Crippen molar-refractivity contribution in [3.63, 3.8) is 0 Å². The van der Waals surface area contributed by atoms with Gasteiger partial charge in [-0.25, -0.2) is 4.79 Å². The minimum absolute atomic E-state index is 0.0901. The largest absolute Gasteiger partial charge is 0.497 e. The van der Waals surface area contributed by atoms with Gasteiger partial charge in [0.15, 0.2) is 0 Å². The number of carbonyl (C=O) groups is 1. The van der Waals surface area contributed by atoms with E-state index >= 15 is 0 Å². The number of ether oxygens (including phenoxy) is 4. The van der Waals surface area contributed by atoms with E-state index in [1.807, 2.05) is 18.2 Å². The molecule has 242 valence electrons. The molecule has 0 aromatic heterocycles. The average molecular weight is 649 g/mol. The molecule has 2 aliphatic rings. The summed E-state index contributed by atoms with van der Waals surface area (Å²) >= 11 is 5.84. The molecule has 1 heterocycles. The van der Waals surface area contributed by atoms with Crippen LogP contribution in [0.25, 0.3) is 5.57 Å². The van der Waals surface area contributed by atoms with Crippen LogP contribution in [0.15, 0.2) is 66.2 Å². The molecule has 1 fully saturated rings. The Hall–Kier alpha value is -3.93. The molecule has 5 rings (SSSR count). The first-order valence-corrected chi connectivity index (χ1v) is 14.8. The molecule has 0 spiro atoms. The van der Waals surface area contributed by atoms with Crippen LogP contribution in [0.4, 0.5) is 13.2 Å². The van der Waals surface area contributed by atoms with E-state index in [0.29, 0.717) is 30.8 Å². The van der Waals surface area contributed by atoms with E-state index in [1.165, 1.54) is 24.5 Å². The summed E-state index contributed by atoms with van der Waals surface area (Å²) < 4.78 is 59.3. The summed E-state index contributed by atoms with van der Waals surface area (Å²) in [6.07, 6.45) is -1.22. The van der Waals surface area contributed by atoms with Gasteiger partial charge in [-0.05, 0) is 85.0 Å². The predicted molar refractivity (Wildman–Crippen MR) is 165 cm³/mol. The summed E-state index contributed by atoms with van der Waals surface area (Å²) in [5.41, 5.74) is 2.35. The van der Waals surface area contributed by atoms with E-state index in [-0.39, 0.29) is 24.0 Å². The van der Waals surface area contributed by atoms with Gasteiger partial charge >= 0.3 is 12.1 Å². The lowest BCUT2D eigenvalue weighted by molar-refractivity contribution is -0.137. The normalized spacial score (nSPS) is 14.7. The van der Waals surface area contributed by atoms with Gasteiger partial charge in [0, 0.05) is 25.2 Å². The van der Waals surface area contributed by atoms with Crippen molar-refractivity contribution in [2.24, 2.45) is 0 Å². The Morgan fingerprint density at radius 1 is 0.956 bits per heavy atom. The van der Waals surface area contributed by atoms with Crippen molar-refractivity contribution in [1.82, 2.24) is 10.6 Å². The Labute approximate surface area is 265 Å². The van der Waals surface area contributed by atoms with Gasteiger partial charge in [0.2, 0.25) is 0 Å². The zero-order chi connectivity index (χ0) is 32.4. The number of aliphatic carboxylic acids is 1. The Morgan fingerprint density at radius 3 is 2.20 bits per heavy atom. The Morgan fingerprint density at radius 2 is 1.62 bits per heavy atom. The van der Waals surface area contributed by atoms with Crippen molar-refractivity contribution < 1.29 is 42.0 Å². The quantitative estimate of drug-likeness (QED) is 0.189. The number of nitrogens with one attached hydrogen (secondary N) is 2. The molecule has 3 aromatic rings. The molecule has 0 radical (unpaired) electrons. The fourth-order valence-electron chi connectivity index (χ4n) is 4.58. The van der Waals surface area contributed by atoms with Crippen LogP contribution in [0, 0.1) is 0 Å². The first-order valence-electron chi connectivity index (χ1n) is 14.4. The second-order valence-electron chi connectivity index (χ2n) is 10.4. The molecule has 1 aliphatic carbocycles. The highest BCUT2D eigenvalue weighted by Gasteiger charge is 2.31. The predicted octanol–water partition coefficient (Wildman–Crippen LogP) is 6.60. The van der Waals surface area contributed by atoms with E-state index < -0.39 is 17.7 Å². The molecular weight excluding hydrogens is 613 g/mol. The number of alkyl halides is 3. The third-order valence-electron chi connectivity index (χ3n) is 7.13. The van der Waals surface area contributed by atoms with Crippen molar-refractivity contribution >= 4 is 23.1 Å². The van der Waals surface area contributed by atoms with E-state index in [9.17, 15) is 23.1 Å². The summed E-state index contributed by atoms with van der Waals surface area (Å²) in [6.45, 7) is 2.18. The highest BCUT2D eigenvalue weighted by atomic mass is 35.5. The lowest BCUT2D eigenvalue weighted by Crippen LogP contribution is -2.28. The van der Waals surface area contributed by atoms with Crippen LogP contribution in [-0.4, -0.2) is 57.6 Å². The van der Waals surface area contributed by atoms with Crippen LogP contribution in [0.1, 0.15) is 36.0 Å². The monoisotopic (exact) mass is 648 g/mol. The molecule has 3 aromatic carbocycles. The molecule has 1 saturated carbocycles. The van der Waals surface area contributed by atoms with Gasteiger partial charge in [-0.15, -0.1) is 0 Å². The van der Waals surface area contributed by atoms with Gasteiger partial charge in [0.1, 0.15) is 36.2 Å². The second kappa shape index (κ2) is 15.9. The van der Waals surface area contributed by atoms with Crippen molar-refractivity contribution in [1.29, 1.82) is 0 Å². The minimum Gasteiger partial charge on any atom is -0.497 e. The number of hydrogen-bond acceptors (Lipinski definition) is 7. The van der Waals surface area contributed by atoms with Crippen molar-refractivity contribution in [2.75, 3.05) is 40.5 Å². The number of halogens is 4. The van der Waals surface area contributed by atoms with Gasteiger partial charge in [-0.2, -0.15) is 13.2 Å². The summed E-state index contributed by atoms with van der Waals surface area (Å²) in [5.74, 6) is 1.47. The van der Waals surface area contributed by atoms with Crippen LogP contribution >= 0.6 is 11.6 Å². The summed E-state index contributed by atoms with van der Waals surface area (Å²) in [7, 11) is 3.35. The Bertz CT molecular complexity index is 1450. The van der Waals surface area contributed by atoms with Gasteiger partial charge in [-0.3, -0.25) is 0 Å². The molecule has 0 saturated heterocycles. The first-order chi connectivity index (χ1) is 21.6. The summed E-state index contributed by atoms with van der Waals surface area (Å²) in [6, 6.07) is 16.6. The zero-order valence-electron chi connectivity index (χ0n) is 25.0. The number of rotatable bonds is 12. The Kier molecular flexibility index (Phi) is 12.0. The minimum atomic E-state index is -4.47. The number of carboxylic acid groups (broad SMARTS) is 1. The molecule has 0 atom stereocenters. The fraction of sp³-hybridized carbons (Fsp3) is 0.364. The van der Waals surface area contributed by atoms with Crippen LogP contribution < -0.4 is 29.6 Å². The molecule has 1 aliphatic heterocycles. The van der Waals surface area contributed by atoms with Crippen LogP contribution in [-0.2, 0) is 17.5 Å². The smallest absolute Gasteiger partial charge is 0.416 e. The maximum atomic E-state index is 12.6. The molecular formula is C33H36ClF3N2O6. The average Bonchev–Trinajstić information content (AvgIpc) is 3.87. The van der Waals surface area contributed by atoms with E-state index in [2.05, 4.69) is 10.6 Å². The molecule has 12 heteroatoms. The third-order valence-corrected chi connectivity index (χ3v) is 7.43. The van der Waals surface area contributed by atoms with Crippen LogP contribution in [0.3, 0.4) is 0 Å². The van der Waals surface area contributed by atoms with Gasteiger partial charge in [-0.1, -0.05) is 23.7 Å². The number of methoxy groups -OCH3 is 2. The van der Waals surface area contributed by atoms with Gasteiger partial charge < -0.3 is 34.7 Å². The van der Waals surface area contributed by atoms with Crippen molar-refractivity contribution in [2.45, 2.75) is 38.0 Å². The number of hydrogen-bond donors (Lipinski definition) is 3. The first kappa shape index (κ1) is 34.0. The summed E-state index contributed by atoms with van der Waals surface area (Å²) in [4.78, 5) is 11.4. The standard InChI is InChI=1S/C21H19ClF3NO4.C12H17NO2/c22-18-11-14(21(23,24)25)3-6-19(18)30-10-9-29-15-4-1-13(2-5-15)16-7-8-26-12-17(16)20(27)28;1-14-11-5-9(6-12(7-11)15-2)8-13-10-3-4-10/h1-6,11,26H,7-10,12H2,(H,27,28);5-7,10,13H,3-4,8H2,1-2H3. The topological polar surface area (TPSA) is 98.3 Å². The molecule has 8 nitrogen and oxygen atoms in total. The van der Waals surface area contributed by atoms with Crippen LogP contribution in [0.5, 0.6) is 23.0 Å². The van der Waals surface area contributed by atoms with Gasteiger partial charge in [0.05, 0.1) is 30.4 Å². The number of carboxylic acids is 1. The van der Waals surface area contributed by atoms with Gasteiger partial charge in [0.25, 0.3) is 0 Å². The number of benzene rings is 3. The molecule has 45 heavy (non-hydrogen) atoms.